The number of anilines is 4. The molecule has 41 heavy (non-hydrogen) atoms. The number of hydrogen-bond donors (Lipinski definition) is 0. The van der Waals surface area contributed by atoms with E-state index in [0.29, 0.717) is 0 Å². The van der Waals surface area contributed by atoms with Gasteiger partial charge in [0.2, 0.25) is 0 Å². The molecule has 0 atom stereocenters. The monoisotopic (exact) mass is 520 g/mol. The molecule has 0 spiro atoms. The van der Waals surface area contributed by atoms with Crippen LogP contribution in [0.3, 0.4) is 0 Å². The Morgan fingerprint density at radius 2 is 0.683 bits per heavy atom. The summed E-state index contributed by atoms with van der Waals surface area (Å²) >= 11 is 0. The quantitative estimate of drug-likeness (QED) is 0.210. The zero-order valence-electron chi connectivity index (χ0n) is 22.4. The Kier molecular flexibility index (Phi) is 4.73. The Bertz CT molecular complexity index is 1990. The average Bonchev–Trinajstić information content (AvgIpc) is 3.05. The zero-order valence-corrected chi connectivity index (χ0v) is 22.4. The van der Waals surface area contributed by atoms with E-state index in [0.717, 1.165) is 0 Å². The molecule has 2 heterocycles. The second-order valence-electron chi connectivity index (χ2n) is 10.9. The molecule has 0 unspecified atom stereocenters. The summed E-state index contributed by atoms with van der Waals surface area (Å²) in [5, 5.41) is 4.99. The van der Waals surface area contributed by atoms with Gasteiger partial charge in [0.25, 0.3) is 0 Å². The Labute approximate surface area is 239 Å². The molecule has 7 aromatic carbocycles. The molecule has 3 heteroatoms. The molecule has 0 saturated carbocycles. The van der Waals surface area contributed by atoms with Crippen molar-refractivity contribution in [1.82, 2.24) is 0 Å². The molecule has 0 N–H and O–H groups in total. The summed E-state index contributed by atoms with van der Waals surface area (Å²) in [6.45, 7) is -0.0809. The van der Waals surface area contributed by atoms with Crippen molar-refractivity contribution in [3.05, 3.63) is 152 Å². The third kappa shape index (κ3) is 3.15. The molecular formula is C38H25BN2. The summed E-state index contributed by atoms with van der Waals surface area (Å²) in [4.78, 5) is 5.17. The van der Waals surface area contributed by atoms with Crippen molar-refractivity contribution in [3.8, 4) is 22.3 Å². The highest BCUT2D eigenvalue weighted by atomic mass is 15.2. The van der Waals surface area contributed by atoms with Crippen molar-refractivity contribution in [2.45, 2.75) is 0 Å². The topological polar surface area (TPSA) is 6.48 Å². The lowest BCUT2D eigenvalue weighted by molar-refractivity contribution is 1.28. The van der Waals surface area contributed by atoms with Gasteiger partial charge in [-0.1, -0.05) is 127 Å². The van der Waals surface area contributed by atoms with Gasteiger partial charge in [-0.25, -0.2) is 0 Å². The molecule has 0 bridgehead atoms. The lowest BCUT2D eigenvalue weighted by Crippen LogP contribution is -2.61. The lowest BCUT2D eigenvalue weighted by atomic mass is 9.53. The third-order valence-corrected chi connectivity index (χ3v) is 8.81. The van der Waals surface area contributed by atoms with Crippen molar-refractivity contribution >= 4 is 56.7 Å². The van der Waals surface area contributed by atoms with E-state index in [9.17, 15) is 0 Å². The van der Waals surface area contributed by atoms with Crippen molar-refractivity contribution in [3.63, 3.8) is 0 Å². The van der Waals surface area contributed by atoms with Gasteiger partial charge in [0.15, 0.2) is 0 Å². The van der Waals surface area contributed by atoms with Gasteiger partial charge >= 0.3 is 6.98 Å². The number of fused-ring (bicyclic) bond motifs is 6. The Morgan fingerprint density at radius 1 is 0.317 bits per heavy atom. The van der Waals surface area contributed by atoms with Gasteiger partial charge in [-0.05, 0) is 51.6 Å². The van der Waals surface area contributed by atoms with E-state index in [1.807, 2.05) is 0 Å². The molecule has 0 amide bonds. The maximum absolute atomic E-state index is 2.58. The molecule has 2 aliphatic rings. The first-order valence-electron chi connectivity index (χ1n) is 14.2. The first-order chi connectivity index (χ1) is 20.4. The number of nitrogens with zero attached hydrogens (tertiary/aromatic N) is 2. The molecule has 9 rings (SSSR count). The molecule has 0 aromatic heterocycles. The van der Waals surface area contributed by atoms with Crippen molar-refractivity contribution in [2.24, 2.45) is 0 Å². The lowest BCUT2D eigenvalue weighted by Gasteiger charge is -2.48. The Morgan fingerprint density at radius 3 is 1.22 bits per heavy atom. The highest BCUT2D eigenvalue weighted by Gasteiger charge is 2.47. The van der Waals surface area contributed by atoms with Crippen LogP contribution in [0.5, 0.6) is 0 Å². The third-order valence-electron chi connectivity index (χ3n) is 8.81. The highest BCUT2D eigenvalue weighted by Crippen LogP contribution is 2.50. The summed E-state index contributed by atoms with van der Waals surface area (Å²) in [6.07, 6.45) is 0. The van der Waals surface area contributed by atoms with Gasteiger partial charge in [-0.3, -0.25) is 0 Å². The second kappa shape index (κ2) is 8.61. The van der Waals surface area contributed by atoms with Crippen LogP contribution in [0.25, 0.3) is 43.8 Å². The summed E-state index contributed by atoms with van der Waals surface area (Å²) in [5.74, 6) is 0. The molecule has 2 aliphatic heterocycles. The van der Waals surface area contributed by atoms with Gasteiger partial charge in [0.05, 0.1) is 0 Å². The predicted octanol–water partition coefficient (Wildman–Crippen LogP) is 9.33. The normalized spacial score (nSPS) is 13.2. The minimum Gasteiger partial charge on any atom is -0.361 e. The average molecular weight is 520 g/mol. The minimum atomic E-state index is -0.0809. The predicted molar refractivity (Wildman–Crippen MR) is 175 cm³/mol. The maximum atomic E-state index is 2.58. The molecule has 7 aromatic rings. The number of benzene rings is 7. The standard InChI is InChI=1S/C38H25BN2/c1-3-16-28-26(12-1)14-9-24-34(28)40-36-22-7-5-18-30(36)32-20-11-21-33-31-19-6-8-23-37(31)41(39(40)38(32)33)35-25-10-15-27-13-2-4-17-29(27)35/h1-25H. The number of rotatable bonds is 2. The van der Waals surface area contributed by atoms with Crippen LogP contribution in [0.15, 0.2) is 152 Å². The van der Waals surface area contributed by atoms with Gasteiger partial charge in [0, 0.05) is 44.6 Å². The van der Waals surface area contributed by atoms with E-state index in [-0.39, 0.29) is 6.98 Å². The van der Waals surface area contributed by atoms with E-state index >= 15 is 0 Å². The zero-order chi connectivity index (χ0) is 26.9. The van der Waals surface area contributed by atoms with E-state index in [2.05, 4.69) is 161 Å². The van der Waals surface area contributed by atoms with Crippen LogP contribution in [0.2, 0.25) is 0 Å². The largest absolute Gasteiger partial charge is 0.421 e. The van der Waals surface area contributed by atoms with Gasteiger partial charge in [-0.2, -0.15) is 0 Å². The van der Waals surface area contributed by atoms with Crippen LogP contribution in [0.1, 0.15) is 0 Å². The van der Waals surface area contributed by atoms with Crippen molar-refractivity contribution in [2.75, 3.05) is 9.62 Å². The van der Waals surface area contributed by atoms with Gasteiger partial charge in [-0.15, -0.1) is 0 Å². The SMILES string of the molecule is c1ccc2c(c1)-c1cccc3c1B(N2c1cccc2ccccc12)N(c1cccc2ccccc12)c1ccccc1-3. The molecule has 190 valence electrons. The van der Waals surface area contributed by atoms with Gasteiger partial charge < -0.3 is 9.62 Å². The Balaban J connectivity index is 1.45. The van der Waals surface area contributed by atoms with Crippen LogP contribution < -0.4 is 15.1 Å². The smallest absolute Gasteiger partial charge is 0.361 e. The number of para-hydroxylation sites is 2. The molecular weight excluding hydrogens is 495 g/mol. The number of hydrogen-bond acceptors (Lipinski definition) is 2. The van der Waals surface area contributed by atoms with E-state index in [1.165, 1.54) is 72.0 Å². The minimum absolute atomic E-state index is 0.0809. The van der Waals surface area contributed by atoms with Crippen molar-refractivity contribution < 1.29 is 0 Å². The summed E-state index contributed by atoms with van der Waals surface area (Å²) in [5.41, 5.74) is 11.4. The molecule has 0 saturated heterocycles. The van der Waals surface area contributed by atoms with E-state index in [1.54, 1.807) is 0 Å². The highest BCUT2D eigenvalue weighted by molar-refractivity contribution is 6.86. The molecule has 2 nitrogen and oxygen atoms in total. The summed E-state index contributed by atoms with van der Waals surface area (Å²) in [7, 11) is 0. The van der Waals surface area contributed by atoms with Gasteiger partial charge in [0.1, 0.15) is 0 Å². The van der Waals surface area contributed by atoms with Crippen LogP contribution >= 0.6 is 0 Å². The molecule has 0 aliphatic carbocycles. The second-order valence-corrected chi connectivity index (χ2v) is 10.9. The summed E-state index contributed by atoms with van der Waals surface area (Å²) in [6, 6.07) is 55.5. The maximum Gasteiger partial charge on any atom is 0.421 e. The van der Waals surface area contributed by atoms with E-state index in [4.69, 9.17) is 0 Å². The fourth-order valence-electron chi connectivity index (χ4n) is 7.13. The van der Waals surface area contributed by atoms with Crippen LogP contribution in [-0.2, 0) is 0 Å². The fourth-order valence-corrected chi connectivity index (χ4v) is 7.13. The van der Waals surface area contributed by atoms with Crippen LogP contribution in [-0.4, -0.2) is 6.98 Å². The summed E-state index contributed by atoms with van der Waals surface area (Å²) < 4.78 is 0. The molecule has 0 radical (unpaired) electrons. The van der Waals surface area contributed by atoms with E-state index < -0.39 is 0 Å². The van der Waals surface area contributed by atoms with Crippen molar-refractivity contribution in [1.29, 1.82) is 0 Å². The van der Waals surface area contributed by atoms with Crippen LogP contribution in [0.4, 0.5) is 22.7 Å². The molecule has 0 fully saturated rings. The fraction of sp³-hybridized carbons (Fsp3) is 0. The first kappa shape index (κ1) is 22.5. The Hall–Kier alpha value is -5.28. The first-order valence-corrected chi connectivity index (χ1v) is 14.2. The van der Waals surface area contributed by atoms with Crippen LogP contribution in [0, 0.1) is 0 Å².